The Hall–Kier alpha value is -5.11. The van der Waals surface area contributed by atoms with E-state index in [0.29, 0.717) is 42.9 Å². The van der Waals surface area contributed by atoms with E-state index in [1.165, 1.54) is 10.9 Å². The van der Waals surface area contributed by atoms with E-state index in [1.807, 2.05) is 110 Å². The van der Waals surface area contributed by atoms with E-state index >= 15 is 0 Å². The molecule has 0 aliphatic carbocycles. The zero-order valence-corrected chi connectivity index (χ0v) is 25.7. The first-order valence-corrected chi connectivity index (χ1v) is 14.8. The smallest absolute Gasteiger partial charge is 0.412 e. The van der Waals surface area contributed by atoms with Crippen LogP contribution in [-0.4, -0.2) is 43.2 Å². The molecule has 0 aliphatic rings. The number of ether oxygens (including phenoxy) is 1. The molecule has 3 aromatic carbocycles. The van der Waals surface area contributed by atoms with Crippen LogP contribution in [0.5, 0.6) is 0 Å². The van der Waals surface area contributed by atoms with Crippen LogP contribution in [0.25, 0.3) is 16.5 Å². The maximum absolute atomic E-state index is 14.6. The highest BCUT2D eigenvalue weighted by atomic mass is 16.6. The molecule has 226 valence electrons. The van der Waals surface area contributed by atoms with Gasteiger partial charge in [-0.25, -0.2) is 9.78 Å². The molecule has 8 heteroatoms. The Bertz CT molecular complexity index is 1750. The van der Waals surface area contributed by atoms with Crippen LogP contribution in [0.15, 0.2) is 110 Å². The van der Waals surface area contributed by atoms with Gasteiger partial charge in [0.2, 0.25) is 0 Å². The molecule has 0 bridgehead atoms. The Kier molecular flexibility index (Phi) is 9.29. The fourth-order valence-corrected chi connectivity index (χ4v) is 5.25. The van der Waals surface area contributed by atoms with Crippen molar-refractivity contribution in [3.8, 4) is 0 Å². The highest BCUT2D eigenvalue weighted by Crippen LogP contribution is 2.28. The minimum atomic E-state index is -0.664. The lowest BCUT2D eigenvalue weighted by molar-refractivity contribution is -0.125. The van der Waals surface area contributed by atoms with Gasteiger partial charge < -0.3 is 18.8 Å². The fraction of sp³-hybridized carbons (Fsp3) is 0.250. The minimum absolute atomic E-state index is 0.132. The van der Waals surface area contributed by atoms with Crippen LogP contribution >= 0.6 is 0 Å². The molecular weight excluding hydrogens is 550 g/mol. The standard InChI is InChI=1S/C36H39N5O3/c1-36(2,3)44-35(43)38-32-16-10-8-15-30(32)31(19-21-40-23-20-37-26-40)34(42)41(24-27-12-6-5-7-13-27)22-18-28-25-39(4)33-17-11-9-14-29(28)33/h5-17,19-20,23,25-26H,18,21-22,24H2,1-4H3,(H,38,43)/b31-19+. The summed E-state index contributed by atoms with van der Waals surface area (Å²) in [7, 11) is 2.05. The highest BCUT2D eigenvalue weighted by Gasteiger charge is 2.24. The number of amides is 2. The molecule has 0 atom stereocenters. The van der Waals surface area contributed by atoms with Crippen molar-refractivity contribution >= 4 is 34.2 Å². The van der Waals surface area contributed by atoms with Crippen LogP contribution in [0.1, 0.15) is 37.5 Å². The second-order valence-electron chi connectivity index (χ2n) is 11.8. The lowest BCUT2D eigenvalue weighted by Gasteiger charge is -2.26. The molecule has 5 rings (SSSR count). The maximum Gasteiger partial charge on any atom is 0.412 e. The van der Waals surface area contributed by atoms with Crippen LogP contribution in [0, 0.1) is 0 Å². The third-order valence-electron chi connectivity index (χ3n) is 7.28. The zero-order valence-electron chi connectivity index (χ0n) is 25.7. The number of benzene rings is 3. The number of fused-ring (bicyclic) bond motifs is 1. The number of para-hydroxylation sites is 2. The van der Waals surface area contributed by atoms with Gasteiger partial charge in [-0.3, -0.25) is 10.1 Å². The van der Waals surface area contributed by atoms with Crippen molar-refractivity contribution in [1.29, 1.82) is 0 Å². The maximum atomic E-state index is 14.6. The van der Waals surface area contributed by atoms with Gasteiger partial charge in [-0.2, -0.15) is 0 Å². The molecule has 1 N–H and O–H groups in total. The lowest BCUT2D eigenvalue weighted by atomic mass is 10.0. The number of rotatable bonds is 10. The third-order valence-corrected chi connectivity index (χ3v) is 7.28. The summed E-state index contributed by atoms with van der Waals surface area (Å²) in [5.41, 5.74) is 4.32. The molecule has 5 aromatic rings. The first-order valence-electron chi connectivity index (χ1n) is 14.8. The monoisotopic (exact) mass is 589 g/mol. The third kappa shape index (κ3) is 7.64. The lowest BCUT2D eigenvalue weighted by Crippen LogP contribution is -2.33. The number of aromatic nitrogens is 3. The van der Waals surface area contributed by atoms with Gasteiger partial charge in [-0.1, -0.05) is 72.8 Å². The Morgan fingerprint density at radius 2 is 1.70 bits per heavy atom. The molecule has 0 spiro atoms. The van der Waals surface area contributed by atoms with Crippen molar-refractivity contribution in [3.63, 3.8) is 0 Å². The molecule has 2 aromatic heterocycles. The molecular formula is C36H39N5O3. The molecule has 0 saturated heterocycles. The van der Waals surface area contributed by atoms with E-state index in [2.05, 4.69) is 33.2 Å². The predicted octanol–water partition coefficient (Wildman–Crippen LogP) is 7.08. The Balaban J connectivity index is 1.51. The second-order valence-corrected chi connectivity index (χ2v) is 11.8. The molecule has 44 heavy (non-hydrogen) atoms. The summed E-state index contributed by atoms with van der Waals surface area (Å²) in [5, 5.41) is 4.06. The number of hydrogen-bond donors (Lipinski definition) is 1. The van der Waals surface area contributed by atoms with Crippen LogP contribution < -0.4 is 5.32 Å². The van der Waals surface area contributed by atoms with E-state index in [9.17, 15) is 9.59 Å². The molecule has 2 amide bonds. The Morgan fingerprint density at radius 1 is 0.977 bits per heavy atom. The zero-order chi connectivity index (χ0) is 31.1. The normalized spacial score (nSPS) is 11.9. The molecule has 0 saturated carbocycles. The Morgan fingerprint density at radius 3 is 2.45 bits per heavy atom. The van der Waals surface area contributed by atoms with Crippen molar-refractivity contribution in [1.82, 2.24) is 19.0 Å². The average molecular weight is 590 g/mol. The summed E-state index contributed by atoms with van der Waals surface area (Å²) in [5.74, 6) is -0.132. The average Bonchev–Trinajstić information content (AvgIpc) is 3.63. The number of anilines is 1. The van der Waals surface area contributed by atoms with Crippen LogP contribution in [0.4, 0.5) is 10.5 Å². The number of allylic oxidation sites excluding steroid dienone is 1. The quantitative estimate of drug-likeness (QED) is 0.177. The van der Waals surface area contributed by atoms with Crippen molar-refractivity contribution in [2.24, 2.45) is 7.05 Å². The van der Waals surface area contributed by atoms with Crippen molar-refractivity contribution in [2.75, 3.05) is 11.9 Å². The summed E-state index contributed by atoms with van der Waals surface area (Å²) in [6.45, 7) is 6.83. The number of nitrogens with zero attached hydrogens (tertiary/aromatic N) is 4. The van der Waals surface area contributed by atoms with Gasteiger partial charge in [-0.15, -0.1) is 0 Å². The largest absolute Gasteiger partial charge is 0.444 e. The molecule has 0 fully saturated rings. The van der Waals surface area contributed by atoms with Gasteiger partial charge in [0.15, 0.2) is 0 Å². The van der Waals surface area contributed by atoms with Gasteiger partial charge in [0.05, 0.1) is 12.0 Å². The van der Waals surface area contributed by atoms with E-state index in [-0.39, 0.29) is 5.91 Å². The van der Waals surface area contributed by atoms with Crippen LogP contribution in [-0.2, 0) is 36.1 Å². The predicted molar refractivity (Wildman–Crippen MR) is 175 cm³/mol. The van der Waals surface area contributed by atoms with Crippen molar-refractivity contribution in [2.45, 2.75) is 45.9 Å². The molecule has 8 nitrogen and oxygen atoms in total. The number of hydrogen-bond acceptors (Lipinski definition) is 4. The number of aryl methyl sites for hydroxylation is 1. The summed E-state index contributed by atoms with van der Waals surface area (Å²) in [6, 6.07) is 25.7. The topological polar surface area (TPSA) is 81.4 Å². The van der Waals surface area contributed by atoms with Gasteiger partial charge in [0.25, 0.3) is 5.91 Å². The minimum Gasteiger partial charge on any atom is -0.444 e. The number of imidazole rings is 1. The van der Waals surface area contributed by atoms with Gasteiger partial charge in [0.1, 0.15) is 5.60 Å². The number of carbonyl (C=O) groups excluding carboxylic acids is 2. The first-order chi connectivity index (χ1) is 21.2. The molecule has 2 heterocycles. The highest BCUT2D eigenvalue weighted by molar-refractivity contribution is 6.21. The molecule has 0 radical (unpaired) electrons. The fourth-order valence-electron chi connectivity index (χ4n) is 5.25. The summed E-state index contributed by atoms with van der Waals surface area (Å²) >= 11 is 0. The second kappa shape index (κ2) is 13.5. The van der Waals surface area contributed by atoms with Crippen molar-refractivity contribution < 1.29 is 14.3 Å². The van der Waals surface area contributed by atoms with E-state index in [0.717, 1.165) is 11.1 Å². The van der Waals surface area contributed by atoms with E-state index in [4.69, 9.17) is 4.74 Å². The Labute approximate surface area is 258 Å². The summed E-state index contributed by atoms with van der Waals surface area (Å²) < 4.78 is 9.55. The van der Waals surface area contributed by atoms with Gasteiger partial charge in [-0.05, 0) is 50.5 Å². The summed E-state index contributed by atoms with van der Waals surface area (Å²) in [6.07, 6.45) is 9.42. The number of carbonyl (C=O) groups is 2. The van der Waals surface area contributed by atoms with Gasteiger partial charge >= 0.3 is 6.09 Å². The molecule has 0 unspecified atom stereocenters. The van der Waals surface area contributed by atoms with Crippen LogP contribution in [0.3, 0.4) is 0 Å². The van der Waals surface area contributed by atoms with Crippen LogP contribution in [0.2, 0.25) is 0 Å². The summed E-state index contributed by atoms with van der Waals surface area (Å²) in [4.78, 5) is 33.5. The van der Waals surface area contributed by atoms with Crippen molar-refractivity contribution in [3.05, 3.63) is 127 Å². The SMILES string of the molecule is Cn1cc(CCN(Cc2ccccc2)C(=O)/C(=C/Cn2ccnc2)c2ccccc2NC(=O)OC(C)(C)C)c2ccccc21. The number of nitrogens with one attached hydrogen (secondary N) is 1. The molecule has 0 aliphatic heterocycles. The van der Waals surface area contributed by atoms with E-state index in [1.54, 1.807) is 18.6 Å². The van der Waals surface area contributed by atoms with E-state index < -0.39 is 11.7 Å². The van der Waals surface area contributed by atoms with Gasteiger partial charge in [0, 0.05) is 67.3 Å². The first kappa shape index (κ1) is 30.4.